The Hall–Kier alpha value is -2.25. The minimum Gasteiger partial charge on any atom is -0.359 e. The minimum absolute atomic E-state index is 0.0762. The highest BCUT2D eigenvalue weighted by molar-refractivity contribution is 5.92. The summed E-state index contributed by atoms with van der Waals surface area (Å²) in [6, 6.07) is 4.54. The average Bonchev–Trinajstić information content (AvgIpc) is 2.43. The van der Waals surface area contributed by atoms with Crippen molar-refractivity contribution in [1.82, 2.24) is 4.98 Å². The van der Waals surface area contributed by atoms with Crippen LogP contribution in [-0.2, 0) is 15.9 Å². The molecule has 2 rings (SSSR count). The van der Waals surface area contributed by atoms with Crippen LogP contribution in [0.5, 0.6) is 0 Å². The van der Waals surface area contributed by atoms with Crippen LogP contribution in [0.2, 0.25) is 0 Å². The van der Waals surface area contributed by atoms with Gasteiger partial charge in [0, 0.05) is 19.4 Å². The summed E-state index contributed by atoms with van der Waals surface area (Å²) in [5.74, 6) is 0. The van der Waals surface area contributed by atoms with Crippen molar-refractivity contribution in [3.63, 3.8) is 0 Å². The highest BCUT2D eigenvalue weighted by Crippen LogP contribution is 2.25. The fourth-order valence-electron chi connectivity index (χ4n) is 2.06. The van der Waals surface area contributed by atoms with Gasteiger partial charge in [0.05, 0.1) is 22.3 Å². The van der Waals surface area contributed by atoms with Crippen LogP contribution in [0.25, 0.3) is 10.8 Å². The number of rotatable bonds is 6. The Morgan fingerprint density at radius 1 is 1.35 bits per heavy atom. The van der Waals surface area contributed by atoms with Gasteiger partial charge in [-0.3, -0.25) is 14.9 Å². The zero-order chi connectivity index (χ0) is 14.5. The Morgan fingerprint density at radius 2 is 2.15 bits per heavy atom. The molecule has 0 atom stereocenters. The molecule has 0 aliphatic rings. The van der Waals surface area contributed by atoms with Crippen LogP contribution in [0.15, 0.2) is 29.2 Å². The first-order valence-electron chi connectivity index (χ1n) is 5.99. The number of nitrogens with one attached hydrogen (secondary N) is 1. The molecule has 1 aromatic heterocycles. The fraction of sp³-hybridized carbons (Fsp3) is 0.308. The second kappa shape index (κ2) is 6.27. The third-order valence-corrected chi connectivity index (χ3v) is 2.91. The van der Waals surface area contributed by atoms with E-state index >= 15 is 0 Å². The number of non-ortho nitro benzene ring substituents is 1. The molecule has 0 radical (unpaired) electrons. The second-order valence-electron chi connectivity index (χ2n) is 4.16. The van der Waals surface area contributed by atoms with Gasteiger partial charge in [-0.25, -0.2) is 0 Å². The van der Waals surface area contributed by atoms with Gasteiger partial charge in [0.25, 0.3) is 11.2 Å². The van der Waals surface area contributed by atoms with Gasteiger partial charge in [-0.2, -0.15) is 0 Å². The first-order chi connectivity index (χ1) is 9.65. The standard InChI is InChI=1S/C13H14N2O5/c1-19-8-20-7-5-9-2-3-11(15(17)18)10-4-6-14-13(16)12(9)10/h2-4,6H,5,7-8H2,1H3,(H,14,16). The molecule has 0 saturated heterocycles. The molecular weight excluding hydrogens is 264 g/mol. The average molecular weight is 278 g/mol. The largest absolute Gasteiger partial charge is 0.359 e. The quantitative estimate of drug-likeness (QED) is 0.375. The number of ether oxygens (including phenoxy) is 2. The molecule has 0 aliphatic carbocycles. The predicted molar refractivity (Wildman–Crippen MR) is 72.8 cm³/mol. The maximum absolute atomic E-state index is 11.9. The summed E-state index contributed by atoms with van der Waals surface area (Å²) in [6.07, 6.45) is 1.88. The first-order valence-corrected chi connectivity index (χ1v) is 5.99. The number of benzene rings is 1. The zero-order valence-electron chi connectivity index (χ0n) is 10.9. The van der Waals surface area contributed by atoms with Crippen LogP contribution >= 0.6 is 0 Å². The Bertz CT molecular complexity index is 680. The molecule has 0 saturated carbocycles. The maximum Gasteiger partial charge on any atom is 0.277 e. The number of fused-ring (bicyclic) bond motifs is 1. The summed E-state index contributed by atoms with van der Waals surface area (Å²) in [5, 5.41) is 11.7. The van der Waals surface area contributed by atoms with Gasteiger partial charge >= 0.3 is 0 Å². The van der Waals surface area contributed by atoms with Crippen LogP contribution in [0.3, 0.4) is 0 Å². The normalized spacial score (nSPS) is 10.8. The number of aromatic amines is 1. The maximum atomic E-state index is 11.9. The van der Waals surface area contributed by atoms with Gasteiger partial charge in [0.2, 0.25) is 0 Å². The summed E-state index contributed by atoms with van der Waals surface area (Å²) in [7, 11) is 1.52. The Labute approximate surface area is 114 Å². The smallest absolute Gasteiger partial charge is 0.277 e. The minimum atomic E-state index is -0.493. The van der Waals surface area contributed by atoms with E-state index in [2.05, 4.69) is 4.98 Å². The van der Waals surface area contributed by atoms with Gasteiger partial charge < -0.3 is 14.5 Å². The molecule has 0 spiro atoms. The Balaban J connectivity index is 2.44. The second-order valence-corrected chi connectivity index (χ2v) is 4.16. The number of nitrogens with zero attached hydrogens (tertiary/aromatic N) is 1. The summed E-state index contributed by atoms with van der Waals surface area (Å²) in [6.45, 7) is 0.538. The monoisotopic (exact) mass is 278 g/mol. The van der Waals surface area contributed by atoms with Gasteiger partial charge in [-0.05, 0) is 18.1 Å². The van der Waals surface area contributed by atoms with Gasteiger partial charge in [0.1, 0.15) is 6.79 Å². The van der Waals surface area contributed by atoms with E-state index in [9.17, 15) is 14.9 Å². The molecule has 7 heteroatoms. The van der Waals surface area contributed by atoms with Gasteiger partial charge in [-0.1, -0.05) is 6.07 Å². The molecule has 0 amide bonds. The van der Waals surface area contributed by atoms with E-state index in [-0.39, 0.29) is 18.0 Å². The molecule has 0 aliphatic heterocycles. The van der Waals surface area contributed by atoms with Gasteiger partial charge in [0.15, 0.2) is 0 Å². The topological polar surface area (TPSA) is 94.5 Å². The molecule has 20 heavy (non-hydrogen) atoms. The fourth-order valence-corrected chi connectivity index (χ4v) is 2.06. The summed E-state index contributed by atoms with van der Waals surface area (Å²) in [4.78, 5) is 25.0. The van der Waals surface area contributed by atoms with Crippen LogP contribution in [0.4, 0.5) is 5.69 Å². The summed E-state index contributed by atoms with van der Waals surface area (Å²) < 4.78 is 9.95. The molecule has 0 unspecified atom stereocenters. The lowest BCUT2D eigenvalue weighted by molar-refractivity contribution is -0.383. The lowest BCUT2D eigenvalue weighted by Gasteiger charge is -2.07. The lowest BCUT2D eigenvalue weighted by Crippen LogP contribution is -2.10. The van der Waals surface area contributed by atoms with E-state index in [0.717, 1.165) is 0 Å². The van der Waals surface area contributed by atoms with E-state index in [4.69, 9.17) is 9.47 Å². The number of nitro benzene ring substituents is 1. The van der Waals surface area contributed by atoms with Crippen LogP contribution in [-0.4, -0.2) is 30.4 Å². The number of aromatic nitrogens is 1. The van der Waals surface area contributed by atoms with Crippen molar-refractivity contribution in [3.8, 4) is 0 Å². The first kappa shape index (κ1) is 14.2. The summed E-state index contributed by atoms with van der Waals surface area (Å²) in [5.41, 5.74) is 0.296. The summed E-state index contributed by atoms with van der Waals surface area (Å²) >= 11 is 0. The van der Waals surface area contributed by atoms with Gasteiger partial charge in [-0.15, -0.1) is 0 Å². The van der Waals surface area contributed by atoms with Crippen LogP contribution < -0.4 is 5.56 Å². The molecule has 1 heterocycles. The van der Waals surface area contributed by atoms with E-state index < -0.39 is 4.92 Å². The van der Waals surface area contributed by atoms with Crippen molar-refractivity contribution >= 4 is 16.5 Å². The van der Waals surface area contributed by atoms with Crippen molar-refractivity contribution in [2.24, 2.45) is 0 Å². The molecule has 106 valence electrons. The third kappa shape index (κ3) is 2.84. The van der Waals surface area contributed by atoms with Crippen molar-refractivity contribution in [2.45, 2.75) is 6.42 Å². The number of H-pyrrole nitrogens is 1. The third-order valence-electron chi connectivity index (χ3n) is 2.91. The number of pyridine rings is 1. The van der Waals surface area contributed by atoms with Crippen molar-refractivity contribution in [1.29, 1.82) is 0 Å². The number of hydrogen-bond acceptors (Lipinski definition) is 5. The van der Waals surface area contributed by atoms with Crippen LogP contribution in [0, 0.1) is 10.1 Å². The highest BCUT2D eigenvalue weighted by Gasteiger charge is 2.16. The SMILES string of the molecule is COCOCCc1ccc([N+](=O)[O-])c2cc[nH]c(=O)c12. The number of nitro groups is 1. The molecule has 0 fully saturated rings. The molecule has 7 nitrogen and oxygen atoms in total. The Morgan fingerprint density at radius 3 is 2.85 bits per heavy atom. The predicted octanol–water partition coefficient (Wildman–Crippen LogP) is 1.60. The number of methoxy groups -OCH3 is 1. The van der Waals surface area contributed by atoms with E-state index in [1.54, 1.807) is 6.07 Å². The molecular formula is C13H14N2O5. The number of hydrogen-bond donors (Lipinski definition) is 1. The van der Waals surface area contributed by atoms with E-state index in [1.165, 1.54) is 25.4 Å². The zero-order valence-corrected chi connectivity index (χ0v) is 10.9. The van der Waals surface area contributed by atoms with Crippen LogP contribution in [0.1, 0.15) is 5.56 Å². The van der Waals surface area contributed by atoms with E-state index in [0.29, 0.717) is 29.4 Å². The Kier molecular flexibility index (Phi) is 4.44. The van der Waals surface area contributed by atoms with Crippen molar-refractivity contribution < 1.29 is 14.4 Å². The molecule has 1 N–H and O–H groups in total. The highest BCUT2D eigenvalue weighted by atomic mass is 16.7. The molecule has 0 bridgehead atoms. The van der Waals surface area contributed by atoms with Crippen molar-refractivity contribution in [2.75, 3.05) is 20.5 Å². The molecule has 1 aromatic carbocycles. The van der Waals surface area contributed by atoms with Crippen molar-refractivity contribution in [3.05, 3.63) is 50.4 Å². The van der Waals surface area contributed by atoms with E-state index in [1.807, 2.05) is 0 Å². The molecule has 2 aromatic rings. The lowest BCUT2D eigenvalue weighted by atomic mass is 10.0.